The fourth-order valence-electron chi connectivity index (χ4n) is 4.86. The van der Waals surface area contributed by atoms with Crippen molar-refractivity contribution in [3.63, 3.8) is 0 Å². The molecular weight excluding hydrogens is 482 g/mol. The van der Waals surface area contributed by atoms with Crippen molar-refractivity contribution in [2.45, 2.75) is 64.2 Å². The molecule has 0 aliphatic heterocycles. The summed E-state index contributed by atoms with van der Waals surface area (Å²) >= 11 is 0. The van der Waals surface area contributed by atoms with Crippen LogP contribution in [0.4, 0.5) is 0 Å². The highest BCUT2D eigenvalue weighted by Gasteiger charge is 2.17. The summed E-state index contributed by atoms with van der Waals surface area (Å²) in [7, 11) is 5.70. The second-order valence-corrected chi connectivity index (χ2v) is 10.6. The van der Waals surface area contributed by atoms with Gasteiger partial charge in [0.25, 0.3) is 0 Å². The summed E-state index contributed by atoms with van der Waals surface area (Å²) in [6.07, 6.45) is 9.34. The van der Waals surface area contributed by atoms with Crippen LogP contribution in [0, 0.1) is 12.8 Å². The van der Waals surface area contributed by atoms with Gasteiger partial charge in [-0.1, -0.05) is 61.2 Å². The maximum absolute atomic E-state index is 12.3. The first-order valence-corrected chi connectivity index (χ1v) is 14.7. The average molecular weight is 521 g/mol. The summed E-state index contributed by atoms with van der Waals surface area (Å²) in [5, 5.41) is 0. The van der Waals surface area contributed by atoms with Gasteiger partial charge in [-0.3, -0.25) is 4.79 Å². The molecule has 0 amide bonds. The number of carbonyl (C=O) groups is 1. The van der Waals surface area contributed by atoms with Crippen LogP contribution >= 0.6 is 18.5 Å². The van der Waals surface area contributed by atoms with E-state index >= 15 is 0 Å². The second kappa shape index (κ2) is 13.4. The Morgan fingerprint density at radius 2 is 1.50 bits per heavy atom. The first-order valence-electron chi connectivity index (χ1n) is 13.1. The standard InChI is InChI=1S/C31H38O3P2/c1-22-7-9-23(10-8-22)11-16-30(32)34-29-14-12-25(13-15-29)26-17-27(20-35)31(28(18-26)21-36)33-19-24-5-3-2-4-6-24/h7-10,12-15,17-18,24H,2-6,11,16,19-21,35-36H2,1H3. The minimum Gasteiger partial charge on any atom is -0.493 e. The first kappa shape index (κ1) is 26.8. The molecular formula is C31H38O3P2. The van der Waals surface area contributed by atoms with Gasteiger partial charge < -0.3 is 9.47 Å². The number of ether oxygens (including phenoxy) is 2. The van der Waals surface area contributed by atoms with E-state index < -0.39 is 0 Å². The van der Waals surface area contributed by atoms with Crippen LogP contribution in [0.25, 0.3) is 11.1 Å². The topological polar surface area (TPSA) is 35.5 Å². The molecule has 2 atom stereocenters. The molecule has 0 spiro atoms. The minimum absolute atomic E-state index is 0.210. The van der Waals surface area contributed by atoms with Crippen molar-refractivity contribution in [1.82, 2.24) is 0 Å². The van der Waals surface area contributed by atoms with Gasteiger partial charge in [0.2, 0.25) is 0 Å². The van der Waals surface area contributed by atoms with Gasteiger partial charge in [0.05, 0.1) is 6.61 Å². The molecule has 3 aromatic rings. The average Bonchev–Trinajstić information content (AvgIpc) is 2.92. The molecule has 36 heavy (non-hydrogen) atoms. The van der Waals surface area contributed by atoms with Crippen molar-refractivity contribution in [1.29, 1.82) is 0 Å². The first-order chi connectivity index (χ1) is 17.6. The normalized spacial score (nSPS) is 14.0. The summed E-state index contributed by atoms with van der Waals surface area (Å²) < 4.78 is 12.0. The zero-order valence-corrected chi connectivity index (χ0v) is 23.6. The second-order valence-electron chi connectivity index (χ2n) is 9.83. The highest BCUT2D eigenvalue weighted by Crippen LogP contribution is 2.35. The van der Waals surface area contributed by atoms with E-state index in [-0.39, 0.29) is 5.97 Å². The fraction of sp³-hybridized carbons (Fsp3) is 0.387. The summed E-state index contributed by atoms with van der Waals surface area (Å²) in [6, 6.07) is 20.6. The molecule has 1 fully saturated rings. The molecule has 0 aromatic heterocycles. The maximum atomic E-state index is 12.3. The van der Waals surface area contributed by atoms with E-state index in [4.69, 9.17) is 9.47 Å². The van der Waals surface area contributed by atoms with E-state index in [1.165, 1.54) is 48.8 Å². The minimum atomic E-state index is -0.210. The van der Waals surface area contributed by atoms with Crippen LogP contribution in [0.1, 0.15) is 60.8 Å². The number of hydrogen-bond acceptors (Lipinski definition) is 3. The van der Waals surface area contributed by atoms with Gasteiger partial charge in [0.15, 0.2) is 0 Å². The predicted octanol–water partition coefficient (Wildman–Crippen LogP) is 7.91. The molecule has 0 saturated heterocycles. The van der Waals surface area contributed by atoms with Crippen LogP contribution in [-0.2, 0) is 23.5 Å². The largest absolute Gasteiger partial charge is 0.493 e. The molecule has 2 unspecified atom stereocenters. The molecule has 0 N–H and O–H groups in total. The summed E-state index contributed by atoms with van der Waals surface area (Å²) in [5.74, 6) is 2.10. The summed E-state index contributed by atoms with van der Waals surface area (Å²) in [4.78, 5) is 12.3. The van der Waals surface area contributed by atoms with Crippen molar-refractivity contribution < 1.29 is 14.3 Å². The molecule has 4 rings (SSSR count). The lowest BCUT2D eigenvalue weighted by Gasteiger charge is -2.24. The van der Waals surface area contributed by atoms with E-state index in [1.807, 2.05) is 24.3 Å². The van der Waals surface area contributed by atoms with E-state index in [9.17, 15) is 4.79 Å². The molecule has 190 valence electrons. The molecule has 0 radical (unpaired) electrons. The Hall–Kier alpha value is -2.21. The molecule has 1 saturated carbocycles. The zero-order valence-electron chi connectivity index (χ0n) is 21.3. The maximum Gasteiger partial charge on any atom is 0.311 e. The Kier molecular flexibility index (Phi) is 9.97. The zero-order chi connectivity index (χ0) is 25.3. The van der Waals surface area contributed by atoms with Crippen molar-refractivity contribution in [2.75, 3.05) is 6.61 Å². The Morgan fingerprint density at radius 3 is 2.11 bits per heavy atom. The monoisotopic (exact) mass is 520 g/mol. The third-order valence-corrected chi connectivity index (χ3v) is 7.91. The lowest BCUT2D eigenvalue weighted by Crippen LogP contribution is -2.16. The van der Waals surface area contributed by atoms with Crippen LogP contribution < -0.4 is 9.47 Å². The molecule has 0 bridgehead atoms. The number of esters is 1. The molecule has 3 nitrogen and oxygen atoms in total. The van der Waals surface area contributed by atoms with E-state index in [1.54, 1.807) is 0 Å². The highest BCUT2D eigenvalue weighted by atomic mass is 31.0. The Labute approximate surface area is 220 Å². The molecule has 0 heterocycles. The van der Waals surface area contributed by atoms with Crippen molar-refractivity contribution in [3.8, 4) is 22.6 Å². The predicted molar refractivity (Wildman–Crippen MR) is 156 cm³/mol. The summed E-state index contributed by atoms with van der Waals surface area (Å²) in [5.41, 5.74) is 7.07. The van der Waals surface area contributed by atoms with Gasteiger partial charge in [0, 0.05) is 6.42 Å². The van der Waals surface area contributed by atoms with Gasteiger partial charge in [0.1, 0.15) is 11.5 Å². The highest BCUT2D eigenvalue weighted by molar-refractivity contribution is 7.15. The van der Waals surface area contributed by atoms with Crippen LogP contribution in [0.2, 0.25) is 0 Å². The Morgan fingerprint density at radius 1 is 0.861 bits per heavy atom. The quantitative estimate of drug-likeness (QED) is 0.155. The van der Waals surface area contributed by atoms with Crippen molar-refractivity contribution in [2.24, 2.45) is 5.92 Å². The van der Waals surface area contributed by atoms with Gasteiger partial charge in [-0.2, -0.15) is 0 Å². The number of rotatable bonds is 10. The number of carbonyl (C=O) groups excluding carboxylic acids is 1. The van der Waals surface area contributed by atoms with Crippen LogP contribution in [0.15, 0.2) is 60.7 Å². The SMILES string of the molecule is Cc1ccc(CCC(=O)Oc2ccc(-c3cc(CP)c(OCC4CCCCC4)c(CP)c3)cc2)cc1. The van der Waals surface area contributed by atoms with Gasteiger partial charge in [-0.25, -0.2) is 0 Å². The lowest BCUT2D eigenvalue weighted by molar-refractivity contribution is -0.134. The fourth-order valence-corrected chi connectivity index (χ4v) is 5.47. The number of benzene rings is 3. The lowest BCUT2D eigenvalue weighted by atomic mass is 9.90. The van der Waals surface area contributed by atoms with Crippen LogP contribution in [0.5, 0.6) is 11.5 Å². The molecule has 1 aliphatic rings. The van der Waals surface area contributed by atoms with Crippen molar-refractivity contribution in [3.05, 3.63) is 82.9 Å². The number of aryl methyl sites for hydroxylation is 2. The van der Waals surface area contributed by atoms with Crippen LogP contribution in [-0.4, -0.2) is 12.6 Å². The van der Waals surface area contributed by atoms with E-state index in [0.29, 0.717) is 24.5 Å². The van der Waals surface area contributed by atoms with Crippen LogP contribution in [0.3, 0.4) is 0 Å². The summed E-state index contributed by atoms with van der Waals surface area (Å²) in [6.45, 7) is 2.88. The third kappa shape index (κ3) is 7.41. The Bertz CT molecular complexity index is 1110. The molecule has 5 heteroatoms. The van der Waals surface area contributed by atoms with Crippen molar-refractivity contribution >= 4 is 24.4 Å². The smallest absolute Gasteiger partial charge is 0.311 e. The van der Waals surface area contributed by atoms with Gasteiger partial charge in [-0.05, 0) is 96.5 Å². The molecule has 1 aliphatic carbocycles. The van der Waals surface area contributed by atoms with Gasteiger partial charge >= 0.3 is 5.97 Å². The third-order valence-electron chi connectivity index (χ3n) is 7.03. The van der Waals surface area contributed by atoms with E-state index in [2.05, 4.69) is 61.8 Å². The molecule has 3 aromatic carbocycles. The van der Waals surface area contributed by atoms with E-state index in [0.717, 1.165) is 41.4 Å². The Balaban J connectivity index is 1.40. The number of hydrogen-bond donors (Lipinski definition) is 0. The van der Waals surface area contributed by atoms with Gasteiger partial charge in [-0.15, -0.1) is 18.5 Å².